The lowest BCUT2D eigenvalue weighted by molar-refractivity contribution is -0.137. The van der Waals surface area contributed by atoms with Crippen LogP contribution in [0.25, 0.3) is 0 Å². The fraction of sp³-hybridized carbons (Fsp3) is 0.875. The molecule has 0 radical (unpaired) electrons. The summed E-state index contributed by atoms with van der Waals surface area (Å²) in [4.78, 5) is 24.5. The van der Waals surface area contributed by atoms with Crippen molar-refractivity contribution in [2.75, 3.05) is 19.6 Å². The highest BCUT2D eigenvalue weighted by atomic mass is 16.4. The summed E-state index contributed by atoms with van der Waals surface area (Å²) in [5.41, 5.74) is 0. The summed E-state index contributed by atoms with van der Waals surface area (Å²) in [6.07, 6.45) is 8.37. The Kier molecular flexibility index (Phi) is 5.88. The Balaban J connectivity index is 1.72. The van der Waals surface area contributed by atoms with Gasteiger partial charge >= 0.3 is 12.0 Å². The van der Waals surface area contributed by atoms with Gasteiger partial charge in [-0.2, -0.15) is 0 Å². The maximum Gasteiger partial charge on any atom is 0.323 e. The molecule has 0 atom stereocenters. The average molecular weight is 296 g/mol. The molecule has 2 N–H and O–H groups in total. The first-order chi connectivity index (χ1) is 10.1. The van der Waals surface area contributed by atoms with Gasteiger partial charge in [0.1, 0.15) is 6.54 Å². The molecular weight excluding hydrogens is 268 g/mol. The zero-order valence-corrected chi connectivity index (χ0v) is 13.0. The molecule has 120 valence electrons. The van der Waals surface area contributed by atoms with Gasteiger partial charge in [0.15, 0.2) is 0 Å². The number of carbonyl (C=O) groups excluding carboxylic acids is 1. The Morgan fingerprint density at radius 3 is 2.14 bits per heavy atom. The second-order valence-corrected chi connectivity index (χ2v) is 6.70. The summed E-state index contributed by atoms with van der Waals surface area (Å²) < 4.78 is 0. The Bertz CT molecular complexity index is 361. The van der Waals surface area contributed by atoms with Crippen LogP contribution in [0.4, 0.5) is 4.79 Å². The predicted octanol–water partition coefficient (Wildman–Crippen LogP) is 2.71. The Hall–Kier alpha value is -1.26. The minimum atomic E-state index is -0.936. The molecule has 2 saturated carbocycles. The second-order valence-electron chi connectivity index (χ2n) is 6.70. The van der Waals surface area contributed by atoms with Crippen molar-refractivity contribution in [2.45, 2.75) is 51.9 Å². The van der Waals surface area contributed by atoms with E-state index in [4.69, 9.17) is 5.11 Å². The topological polar surface area (TPSA) is 69.6 Å². The summed E-state index contributed by atoms with van der Waals surface area (Å²) >= 11 is 0. The van der Waals surface area contributed by atoms with E-state index < -0.39 is 5.97 Å². The van der Waals surface area contributed by atoms with Gasteiger partial charge in [-0.25, -0.2) is 4.79 Å². The summed E-state index contributed by atoms with van der Waals surface area (Å²) in [5, 5.41) is 11.9. The third-order valence-electron chi connectivity index (χ3n) is 4.87. The monoisotopic (exact) mass is 296 g/mol. The van der Waals surface area contributed by atoms with Crippen LogP contribution < -0.4 is 5.32 Å². The maximum absolute atomic E-state index is 12.2. The smallest absolute Gasteiger partial charge is 0.323 e. The third-order valence-corrected chi connectivity index (χ3v) is 4.87. The molecule has 0 saturated heterocycles. The highest BCUT2D eigenvalue weighted by molar-refractivity contribution is 5.80. The van der Waals surface area contributed by atoms with Crippen molar-refractivity contribution < 1.29 is 14.7 Å². The number of hydrogen-bond donors (Lipinski definition) is 2. The number of amides is 2. The SMILES string of the molecule is CCC1CCC(CNC(=O)N(CC(=O)O)CC2CC2)CC1. The van der Waals surface area contributed by atoms with Crippen molar-refractivity contribution in [3.05, 3.63) is 0 Å². The van der Waals surface area contributed by atoms with Crippen molar-refractivity contribution in [1.82, 2.24) is 10.2 Å². The number of rotatable bonds is 7. The van der Waals surface area contributed by atoms with Crippen LogP contribution in [-0.2, 0) is 4.79 Å². The number of carboxylic acid groups (broad SMARTS) is 1. The van der Waals surface area contributed by atoms with Crippen LogP contribution in [0.1, 0.15) is 51.9 Å². The predicted molar refractivity (Wildman–Crippen MR) is 81.1 cm³/mol. The molecule has 0 aliphatic heterocycles. The Labute approximate surface area is 127 Å². The van der Waals surface area contributed by atoms with E-state index in [1.165, 1.54) is 37.0 Å². The highest BCUT2D eigenvalue weighted by Gasteiger charge is 2.28. The summed E-state index contributed by atoms with van der Waals surface area (Å²) in [6, 6.07) is -0.207. The van der Waals surface area contributed by atoms with Crippen LogP contribution in [0.3, 0.4) is 0 Å². The van der Waals surface area contributed by atoms with Gasteiger partial charge in [0.2, 0.25) is 0 Å². The Morgan fingerprint density at radius 2 is 1.62 bits per heavy atom. The number of aliphatic carboxylic acids is 1. The number of hydrogen-bond acceptors (Lipinski definition) is 2. The zero-order chi connectivity index (χ0) is 15.2. The van der Waals surface area contributed by atoms with Crippen molar-refractivity contribution >= 4 is 12.0 Å². The largest absolute Gasteiger partial charge is 0.480 e. The van der Waals surface area contributed by atoms with E-state index in [2.05, 4.69) is 12.2 Å². The average Bonchev–Trinajstić information content (AvgIpc) is 3.28. The molecule has 5 heteroatoms. The first-order valence-electron chi connectivity index (χ1n) is 8.33. The first kappa shape index (κ1) is 16.1. The molecule has 2 aliphatic rings. The van der Waals surface area contributed by atoms with Crippen LogP contribution in [0, 0.1) is 17.8 Å². The number of nitrogens with zero attached hydrogens (tertiary/aromatic N) is 1. The molecule has 0 bridgehead atoms. The molecular formula is C16H28N2O3. The van der Waals surface area contributed by atoms with Gasteiger partial charge < -0.3 is 15.3 Å². The molecule has 0 heterocycles. The van der Waals surface area contributed by atoms with Crippen LogP contribution >= 0.6 is 0 Å². The van der Waals surface area contributed by atoms with Crippen LogP contribution in [0.5, 0.6) is 0 Å². The molecule has 0 aromatic carbocycles. The van der Waals surface area contributed by atoms with E-state index >= 15 is 0 Å². The van der Waals surface area contributed by atoms with Gasteiger partial charge in [0.25, 0.3) is 0 Å². The fourth-order valence-electron chi connectivity index (χ4n) is 3.18. The second kappa shape index (κ2) is 7.66. The summed E-state index contributed by atoms with van der Waals surface area (Å²) in [7, 11) is 0. The normalized spacial score (nSPS) is 25.4. The summed E-state index contributed by atoms with van der Waals surface area (Å²) in [6.45, 7) is 3.33. The van der Waals surface area contributed by atoms with Crippen LogP contribution in [0.15, 0.2) is 0 Å². The fourth-order valence-corrected chi connectivity index (χ4v) is 3.18. The molecule has 0 spiro atoms. The van der Waals surface area contributed by atoms with E-state index in [9.17, 15) is 9.59 Å². The molecule has 0 aromatic heterocycles. The molecule has 0 aromatic rings. The van der Waals surface area contributed by atoms with E-state index in [-0.39, 0.29) is 12.6 Å². The van der Waals surface area contributed by atoms with Gasteiger partial charge in [-0.15, -0.1) is 0 Å². The summed E-state index contributed by atoms with van der Waals surface area (Å²) in [5.74, 6) is 0.990. The van der Waals surface area contributed by atoms with Crippen molar-refractivity contribution in [3.8, 4) is 0 Å². The van der Waals surface area contributed by atoms with Gasteiger partial charge in [-0.1, -0.05) is 26.2 Å². The van der Waals surface area contributed by atoms with Crippen molar-refractivity contribution in [2.24, 2.45) is 17.8 Å². The lowest BCUT2D eigenvalue weighted by Crippen LogP contribution is -2.45. The van der Waals surface area contributed by atoms with Gasteiger partial charge in [0.05, 0.1) is 0 Å². The Morgan fingerprint density at radius 1 is 1.05 bits per heavy atom. The third kappa shape index (κ3) is 5.56. The van der Waals surface area contributed by atoms with Gasteiger partial charge in [-0.05, 0) is 43.4 Å². The number of nitrogens with one attached hydrogen (secondary N) is 1. The van der Waals surface area contributed by atoms with E-state index in [1.807, 2.05) is 0 Å². The van der Waals surface area contributed by atoms with Gasteiger partial charge in [0, 0.05) is 13.1 Å². The minimum Gasteiger partial charge on any atom is -0.480 e. The molecule has 2 rings (SSSR count). The maximum atomic E-state index is 12.2. The quantitative estimate of drug-likeness (QED) is 0.759. The molecule has 0 unspecified atom stereocenters. The lowest BCUT2D eigenvalue weighted by atomic mass is 9.81. The molecule has 2 fully saturated rings. The van der Waals surface area contributed by atoms with Crippen LogP contribution in [0.2, 0.25) is 0 Å². The lowest BCUT2D eigenvalue weighted by Gasteiger charge is -2.29. The number of urea groups is 1. The molecule has 5 nitrogen and oxygen atoms in total. The minimum absolute atomic E-state index is 0.190. The van der Waals surface area contributed by atoms with Crippen LogP contribution in [-0.4, -0.2) is 41.6 Å². The molecule has 2 aliphatic carbocycles. The first-order valence-corrected chi connectivity index (χ1v) is 8.33. The number of carbonyl (C=O) groups is 2. The highest BCUT2D eigenvalue weighted by Crippen LogP contribution is 2.31. The van der Waals surface area contributed by atoms with Gasteiger partial charge in [-0.3, -0.25) is 4.79 Å². The molecule has 2 amide bonds. The standard InChI is InChI=1S/C16H28N2O3/c1-2-12-3-5-13(6-4-12)9-17-16(21)18(11-15(19)20)10-14-7-8-14/h12-14H,2-11H2,1H3,(H,17,21)(H,19,20). The van der Waals surface area contributed by atoms with Crippen molar-refractivity contribution in [1.29, 1.82) is 0 Å². The van der Waals surface area contributed by atoms with Crippen molar-refractivity contribution in [3.63, 3.8) is 0 Å². The van der Waals surface area contributed by atoms with E-state index in [1.54, 1.807) is 0 Å². The number of carboxylic acids is 1. The zero-order valence-electron chi connectivity index (χ0n) is 13.0. The van der Waals surface area contributed by atoms with E-state index in [0.29, 0.717) is 24.9 Å². The van der Waals surface area contributed by atoms with E-state index in [0.717, 1.165) is 18.8 Å². The molecule has 21 heavy (non-hydrogen) atoms.